The Hall–Kier alpha value is -1.71. The quantitative estimate of drug-likeness (QED) is 0.657. The Morgan fingerprint density at radius 1 is 1.17 bits per heavy atom. The predicted octanol–water partition coefficient (Wildman–Crippen LogP) is 2.32. The van der Waals surface area contributed by atoms with Gasteiger partial charge in [0.15, 0.2) is 11.5 Å². The number of hydrogen-bond donors (Lipinski definition) is 1. The molecule has 1 saturated heterocycles. The van der Waals surface area contributed by atoms with Crippen molar-refractivity contribution in [3.05, 3.63) is 23.8 Å². The van der Waals surface area contributed by atoms with Gasteiger partial charge in [0.1, 0.15) is 5.84 Å². The van der Waals surface area contributed by atoms with Gasteiger partial charge in [-0.1, -0.05) is 6.07 Å². The summed E-state index contributed by atoms with van der Waals surface area (Å²) >= 11 is 0. The average Bonchev–Trinajstić information content (AvgIpc) is 2.92. The number of ether oxygens (including phenoxy) is 2. The zero-order chi connectivity index (χ0) is 13.0. The molecule has 0 spiro atoms. The van der Waals surface area contributed by atoms with Gasteiger partial charge in [0, 0.05) is 19.5 Å². The van der Waals surface area contributed by atoms with Gasteiger partial charge in [-0.05, 0) is 30.5 Å². The molecule has 0 aromatic heterocycles. The molecule has 1 heterocycles. The summed E-state index contributed by atoms with van der Waals surface area (Å²) in [6, 6.07) is 5.83. The van der Waals surface area contributed by atoms with E-state index in [0.29, 0.717) is 12.3 Å². The standard InChI is InChI=1S/C14H20N2O2/c1-17-12-6-5-11(9-13(12)18-2)10-14(15)16-7-3-4-8-16/h5-6,9,15H,3-4,7-8,10H2,1-2H3. The van der Waals surface area contributed by atoms with Crippen LogP contribution in [0.2, 0.25) is 0 Å². The first-order valence-electron chi connectivity index (χ1n) is 6.28. The Kier molecular flexibility index (Phi) is 4.07. The fourth-order valence-electron chi connectivity index (χ4n) is 2.28. The van der Waals surface area contributed by atoms with Gasteiger partial charge in [0.05, 0.1) is 14.2 Å². The van der Waals surface area contributed by atoms with E-state index in [1.807, 2.05) is 18.2 Å². The summed E-state index contributed by atoms with van der Waals surface area (Å²) < 4.78 is 10.5. The van der Waals surface area contributed by atoms with Crippen molar-refractivity contribution in [1.29, 1.82) is 5.41 Å². The van der Waals surface area contributed by atoms with Crippen LogP contribution >= 0.6 is 0 Å². The number of methoxy groups -OCH3 is 2. The van der Waals surface area contributed by atoms with Crippen LogP contribution in [0.5, 0.6) is 11.5 Å². The van der Waals surface area contributed by atoms with E-state index in [4.69, 9.17) is 14.9 Å². The normalized spacial score (nSPS) is 14.7. The highest BCUT2D eigenvalue weighted by Crippen LogP contribution is 2.28. The van der Waals surface area contributed by atoms with Crippen LogP contribution < -0.4 is 9.47 Å². The van der Waals surface area contributed by atoms with E-state index in [0.717, 1.165) is 30.2 Å². The van der Waals surface area contributed by atoms with E-state index < -0.39 is 0 Å². The van der Waals surface area contributed by atoms with Crippen LogP contribution in [0.1, 0.15) is 18.4 Å². The highest BCUT2D eigenvalue weighted by molar-refractivity contribution is 5.82. The zero-order valence-corrected chi connectivity index (χ0v) is 11.0. The van der Waals surface area contributed by atoms with Crippen LogP contribution in [0, 0.1) is 5.41 Å². The van der Waals surface area contributed by atoms with Gasteiger partial charge < -0.3 is 14.4 Å². The molecule has 98 valence electrons. The Balaban J connectivity index is 2.06. The zero-order valence-electron chi connectivity index (χ0n) is 11.0. The van der Waals surface area contributed by atoms with E-state index in [9.17, 15) is 0 Å². The van der Waals surface area contributed by atoms with Gasteiger partial charge in [-0.15, -0.1) is 0 Å². The molecule has 0 radical (unpaired) electrons. The van der Waals surface area contributed by atoms with E-state index in [-0.39, 0.29) is 0 Å². The molecule has 1 fully saturated rings. The molecule has 1 aliphatic rings. The predicted molar refractivity (Wildman–Crippen MR) is 71.8 cm³/mol. The van der Waals surface area contributed by atoms with Gasteiger partial charge >= 0.3 is 0 Å². The summed E-state index contributed by atoms with van der Waals surface area (Å²) in [7, 11) is 3.26. The third-order valence-corrected chi connectivity index (χ3v) is 3.31. The number of nitrogens with zero attached hydrogens (tertiary/aromatic N) is 1. The minimum atomic E-state index is 0.653. The second-order valence-electron chi connectivity index (χ2n) is 4.51. The lowest BCUT2D eigenvalue weighted by Crippen LogP contribution is -2.28. The van der Waals surface area contributed by atoms with Gasteiger partial charge in [0.2, 0.25) is 0 Å². The first-order chi connectivity index (χ1) is 8.74. The molecule has 4 heteroatoms. The molecule has 0 aliphatic carbocycles. The minimum absolute atomic E-state index is 0.653. The first kappa shape index (κ1) is 12.7. The highest BCUT2D eigenvalue weighted by Gasteiger charge is 2.15. The number of likely N-dealkylation sites (tertiary alicyclic amines) is 1. The number of rotatable bonds is 4. The molecule has 0 saturated carbocycles. The fourth-order valence-corrected chi connectivity index (χ4v) is 2.28. The summed E-state index contributed by atoms with van der Waals surface area (Å²) in [6.07, 6.45) is 3.06. The van der Waals surface area contributed by atoms with Crippen LogP contribution in [0.3, 0.4) is 0 Å². The Morgan fingerprint density at radius 3 is 2.44 bits per heavy atom. The van der Waals surface area contributed by atoms with Gasteiger partial charge in [-0.25, -0.2) is 0 Å². The monoisotopic (exact) mass is 248 g/mol. The fraction of sp³-hybridized carbons (Fsp3) is 0.500. The molecule has 0 bridgehead atoms. The summed E-state index contributed by atoms with van der Waals surface area (Å²) in [4.78, 5) is 2.15. The van der Waals surface area contributed by atoms with Crippen LogP contribution in [0.25, 0.3) is 0 Å². The lowest BCUT2D eigenvalue weighted by Gasteiger charge is -2.18. The molecule has 1 N–H and O–H groups in total. The SMILES string of the molecule is COc1ccc(CC(=N)N2CCCC2)cc1OC. The van der Waals surface area contributed by atoms with Crippen molar-refractivity contribution >= 4 is 5.84 Å². The molecule has 4 nitrogen and oxygen atoms in total. The van der Waals surface area contributed by atoms with Crippen molar-refractivity contribution in [2.24, 2.45) is 0 Å². The maximum absolute atomic E-state index is 8.10. The first-order valence-corrected chi connectivity index (χ1v) is 6.28. The Bertz CT molecular complexity index is 426. The highest BCUT2D eigenvalue weighted by atomic mass is 16.5. The summed E-state index contributed by atoms with van der Waals surface area (Å²) in [6.45, 7) is 2.04. The third-order valence-electron chi connectivity index (χ3n) is 3.31. The van der Waals surface area contributed by atoms with Gasteiger partial charge in [0.25, 0.3) is 0 Å². The van der Waals surface area contributed by atoms with Crippen molar-refractivity contribution < 1.29 is 9.47 Å². The molecule has 0 unspecified atom stereocenters. The maximum Gasteiger partial charge on any atom is 0.161 e. The summed E-state index contributed by atoms with van der Waals surface area (Å²) in [5.41, 5.74) is 1.09. The smallest absolute Gasteiger partial charge is 0.161 e. The lowest BCUT2D eigenvalue weighted by molar-refractivity contribution is 0.354. The average molecular weight is 248 g/mol. The minimum Gasteiger partial charge on any atom is -0.493 e. The molecule has 1 aromatic carbocycles. The van der Waals surface area contributed by atoms with Crippen molar-refractivity contribution in [3.8, 4) is 11.5 Å². The second-order valence-corrected chi connectivity index (χ2v) is 4.51. The molecule has 2 rings (SSSR count). The molecular weight excluding hydrogens is 228 g/mol. The third kappa shape index (κ3) is 2.75. The Labute approximate surface area is 108 Å². The van der Waals surface area contributed by atoms with Gasteiger partial charge in [-0.3, -0.25) is 5.41 Å². The summed E-state index contributed by atoms with van der Waals surface area (Å²) in [5, 5.41) is 8.10. The van der Waals surface area contributed by atoms with Crippen LogP contribution in [0.4, 0.5) is 0 Å². The van der Waals surface area contributed by atoms with E-state index in [1.165, 1.54) is 12.8 Å². The topological polar surface area (TPSA) is 45.5 Å². The van der Waals surface area contributed by atoms with E-state index >= 15 is 0 Å². The number of nitrogens with one attached hydrogen (secondary N) is 1. The van der Waals surface area contributed by atoms with E-state index in [2.05, 4.69) is 4.90 Å². The molecule has 1 aromatic rings. The molecule has 0 amide bonds. The van der Waals surface area contributed by atoms with Crippen molar-refractivity contribution in [3.63, 3.8) is 0 Å². The summed E-state index contributed by atoms with van der Waals surface area (Å²) in [5.74, 6) is 2.15. The van der Waals surface area contributed by atoms with Crippen molar-refractivity contribution in [1.82, 2.24) is 4.90 Å². The Morgan fingerprint density at radius 2 is 1.83 bits per heavy atom. The van der Waals surface area contributed by atoms with Crippen LogP contribution in [-0.2, 0) is 6.42 Å². The molecule has 18 heavy (non-hydrogen) atoms. The molecule has 1 aliphatic heterocycles. The number of hydrogen-bond acceptors (Lipinski definition) is 3. The van der Waals surface area contributed by atoms with Crippen molar-refractivity contribution in [2.45, 2.75) is 19.3 Å². The number of benzene rings is 1. The van der Waals surface area contributed by atoms with E-state index in [1.54, 1.807) is 14.2 Å². The largest absolute Gasteiger partial charge is 0.493 e. The van der Waals surface area contributed by atoms with Crippen LogP contribution in [0.15, 0.2) is 18.2 Å². The lowest BCUT2D eigenvalue weighted by atomic mass is 10.1. The molecule has 0 atom stereocenters. The maximum atomic E-state index is 8.10. The van der Waals surface area contributed by atoms with Crippen molar-refractivity contribution in [2.75, 3.05) is 27.3 Å². The number of amidine groups is 1. The molecular formula is C14H20N2O2. The van der Waals surface area contributed by atoms with Crippen LogP contribution in [-0.4, -0.2) is 38.0 Å². The second kappa shape index (κ2) is 5.76. The van der Waals surface area contributed by atoms with Gasteiger partial charge in [-0.2, -0.15) is 0 Å².